The lowest BCUT2D eigenvalue weighted by atomic mass is 9.90. The molecule has 7 aromatic rings. The quantitative estimate of drug-likeness (QED) is 0.0532. The van der Waals surface area contributed by atoms with Crippen molar-refractivity contribution in [3.8, 4) is 33.4 Å². The Balaban J connectivity index is 0.000000379. The van der Waals surface area contributed by atoms with Gasteiger partial charge < -0.3 is 29.6 Å². The van der Waals surface area contributed by atoms with Crippen LogP contribution >= 0.6 is 0 Å². The Kier molecular flexibility index (Phi) is 22.4. The maximum atomic E-state index is 10.7. The fourth-order valence-electron chi connectivity index (χ4n) is 14.4. The van der Waals surface area contributed by atoms with Crippen molar-refractivity contribution >= 4 is 64.6 Å². The second kappa shape index (κ2) is 30.1. The molecule has 3 fully saturated rings. The van der Waals surface area contributed by atoms with Crippen LogP contribution in [0.4, 0.5) is 56.6 Å². The third kappa shape index (κ3) is 17.1. The van der Waals surface area contributed by atoms with Crippen molar-refractivity contribution in [3.05, 3.63) is 197 Å². The first-order valence-electron chi connectivity index (χ1n) is 32.6. The van der Waals surface area contributed by atoms with Crippen molar-refractivity contribution in [3.63, 3.8) is 0 Å². The molecule has 3 heterocycles. The molecule has 0 radical (unpaired) electrons. The zero-order chi connectivity index (χ0) is 71.4. The van der Waals surface area contributed by atoms with Crippen molar-refractivity contribution in [1.82, 2.24) is 0 Å². The smallest absolute Gasteiger partial charge is 0.485 e. The highest BCUT2D eigenvalue weighted by Crippen LogP contribution is 2.41. The predicted octanol–water partition coefficient (Wildman–Crippen LogP) is 16.7. The van der Waals surface area contributed by atoms with Crippen LogP contribution in [0.3, 0.4) is 0 Å². The Morgan fingerprint density at radius 3 is 0.727 bits per heavy atom. The monoisotopic (exact) mass is 1430 g/mol. The molecule has 13 rings (SSSR count). The highest BCUT2D eigenvalue weighted by molar-refractivity contribution is 7.87. The minimum Gasteiger partial charge on any atom is -0.741 e. The van der Waals surface area contributed by atoms with E-state index < -0.39 is 46.9 Å². The SMILES string of the molecule is CC1=[N+](C2CCCCC2)C(c2ccc(-c3cc(-c4ccc(C5Nc6ccccc6C(C)=[N+]5C5CCCCC5)cc4)cc(-c4ccc(C5Nc6ccccc6C(C)=[N+]5C5CCCCC5)cc4)c3)cc2)Nc2ccccc21.O=S(=O)([O-])C(F)(F)F.O=S(=O)([O-])C(F)(F)F.O=S(=O)([O-])C(F)(F)F. The topological polar surface area (TPSA) is 217 Å². The molecule has 0 saturated heterocycles. The van der Waals surface area contributed by atoms with E-state index in [2.05, 4.69) is 214 Å². The van der Waals surface area contributed by atoms with Gasteiger partial charge in [0.2, 0.25) is 0 Å². The Bertz CT molecular complexity index is 4040. The summed E-state index contributed by atoms with van der Waals surface area (Å²) in [5.74, 6) is 0. The third-order valence-electron chi connectivity index (χ3n) is 19.2. The fraction of sp³-hybridized carbons (Fsp3) is 0.375. The molecule has 27 heteroatoms. The number of fused-ring (bicyclic) bond motifs is 3. The third-order valence-corrected chi connectivity index (χ3v) is 20.9. The molecule has 15 nitrogen and oxygen atoms in total. The number of benzene rings is 7. The van der Waals surface area contributed by atoms with Crippen LogP contribution in [-0.2, 0) is 30.4 Å². The maximum Gasteiger partial charge on any atom is 0.485 e. The van der Waals surface area contributed by atoms with Gasteiger partial charge in [-0.15, -0.1) is 0 Å². The van der Waals surface area contributed by atoms with Crippen LogP contribution in [-0.4, -0.2) is 104 Å². The molecule has 3 aliphatic carbocycles. The number of hydrogen-bond acceptors (Lipinski definition) is 12. The van der Waals surface area contributed by atoms with Gasteiger partial charge in [0, 0.05) is 76.0 Å². The van der Waals surface area contributed by atoms with Crippen LogP contribution < -0.4 is 16.0 Å². The Morgan fingerprint density at radius 2 is 0.525 bits per heavy atom. The van der Waals surface area contributed by atoms with E-state index in [1.165, 1.54) is 197 Å². The number of halogens is 9. The lowest BCUT2D eigenvalue weighted by Crippen LogP contribution is -2.42. The average Bonchev–Trinajstić information content (AvgIpc) is 0.773. The molecule has 0 bridgehead atoms. The summed E-state index contributed by atoms with van der Waals surface area (Å²) in [4.78, 5) is 0. The van der Waals surface area contributed by atoms with Crippen LogP contribution in [0.2, 0.25) is 0 Å². The van der Waals surface area contributed by atoms with Crippen molar-refractivity contribution in [2.45, 2.75) is 170 Å². The molecule has 7 aromatic carbocycles. The predicted molar refractivity (Wildman–Crippen MR) is 359 cm³/mol. The first kappa shape index (κ1) is 73.8. The first-order chi connectivity index (χ1) is 46.7. The van der Waals surface area contributed by atoms with Gasteiger partial charge in [0.25, 0.3) is 18.5 Å². The number of hydrogen-bond donors (Lipinski definition) is 3. The standard InChI is InChI=1S/C69H72N6.3CHF3O3S/c1-46-61-25-13-16-28-64(61)70-67(73(46)58-19-7-4-8-20-58)52-37-31-49(32-38-52)55-43-56(50-33-39-53(40-34-50)68-71-65-29-17-14-26-62(65)47(2)74(68)59-21-9-5-10-22-59)45-57(44-55)51-35-41-54(42-36-51)69-72-66-30-18-15-27-63(66)48(3)75(69)60-23-11-6-12-24-60;3*2-1(3,4)8(5,6)7/h13-18,25-45,58-60,67-69H,4-12,19-24H2,1-3H3;3*(H,5,6,7). The maximum absolute atomic E-state index is 10.7. The summed E-state index contributed by atoms with van der Waals surface area (Å²) in [6.07, 6.45) is 19.6. The zero-order valence-corrected chi connectivity index (χ0v) is 56.8. The van der Waals surface area contributed by atoms with Crippen molar-refractivity contribution < 1.29 is 92.2 Å². The number of alkyl halides is 9. The summed E-state index contributed by atoms with van der Waals surface area (Å²) in [6, 6.07) is 64.1. The normalized spacial score (nSPS) is 19.6. The van der Waals surface area contributed by atoms with E-state index in [9.17, 15) is 39.5 Å². The van der Waals surface area contributed by atoms with Gasteiger partial charge in [-0.2, -0.15) is 39.5 Å². The Hall–Kier alpha value is -7.95. The van der Waals surface area contributed by atoms with E-state index in [4.69, 9.17) is 38.9 Å². The summed E-state index contributed by atoms with van der Waals surface area (Å²) in [5.41, 5.74) is 6.19. The number of nitrogens with zero attached hydrogens (tertiary/aromatic N) is 3. The number of para-hydroxylation sites is 3. The molecule has 99 heavy (non-hydrogen) atoms. The first-order valence-corrected chi connectivity index (χ1v) is 36.9. The molecule has 0 spiro atoms. The van der Waals surface area contributed by atoms with Gasteiger partial charge in [0.1, 0.15) is 0 Å². The molecule has 528 valence electrons. The molecule has 3 aliphatic heterocycles. The summed E-state index contributed by atoms with van der Waals surface area (Å²) >= 11 is 0. The van der Waals surface area contributed by atoms with Crippen molar-refractivity contribution in [2.75, 3.05) is 16.0 Å². The number of rotatable bonds is 9. The molecule has 6 aliphatic rings. The lowest BCUT2D eigenvalue weighted by molar-refractivity contribution is -0.606. The molecule has 3 atom stereocenters. The molecular weight excluding hydrogens is 1360 g/mol. The summed E-state index contributed by atoms with van der Waals surface area (Å²) in [6.45, 7) is 7.03. The fourth-order valence-corrected chi connectivity index (χ4v) is 14.4. The summed E-state index contributed by atoms with van der Waals surface area (Å²) in [7, 11) is -18.3. The highest BCUT2D eigenvalue weighted by Gasteiger charge is 2.43. The summed E-state index contributed by atoms with van der Waals surface area (Å²) < 4.78 is 185. The molecule has 0 aromatic heterocycles. The highest BCUT2D eigenvalue weighted by atomic mass is 32.2. The largest absolute Gasteiger partial charge is 0.741 e. The van der Waals surface area contributed by atoms with Crippen LogP contribution in [0.25, 0.3) is 33.4 Å². The molecule has 3 saturated carbocycles. The average molecular weight is 1440 g/mol. The van der Waals surface area contributed by atoms with Gasteiger partial charge in [-0.1, -0.05) is 92.1 Å². The van der Waals surface area contributed by atoms with Crippen LogP contribution in [0.15, 0.2) is 164 Å². The lowest BCUT2D eigenvalue weighted by Gasteiger charge is -2.32. The number of anilines is 3. The van der Waals surface area contributed by atoms with E-state index in [-0.39, 0.29) is 18.5 Å². The number of nitrogens with one attached hydrogen (secondary N) is 3. The van der Waals surface area contributed by atoms with Crippen LogP contribution in [0.1, 0.15) is 169 Å². The Labute approximate surface area is 570 Å². The molecule has 0 amide bonds. The van der Waals surface area contributed by atoms with Gasteiger partial charge in [-0.25, -0.2) is 39.0 Å². The van der Waals surface area contributed by atoms with E-state index in [0.717, 1.165) is 0 Å². The minimum absolute atomic E-state index is 0.0843. The molecule has 3 N–H and O–H groups in total. The second-order valence-corrected chi connectivity index (χ2v) is 29.6. The second-order valence-electron chi connectivity index (χ2n) is 25.5. The summed E-state index contributed by atoms with van der Waals surface area (Å²) in [5, 5.41) is 12.0. The van der Waals surface area contributed by atoms with Gasteiger partial charge in [0.15, 0.2) is 65.6 Å². The van der Waals surface area contributed by atoms with Gasteiger partial charge in [-0.3, -0.25) is 0 Å². The van der Waals surface area contributed by atoms with Crippen molar-refractivity contribution in [1.29, 1.82) is 0 Å². The Morgan fingerprint density at radius 1 is 0.323 bits per heavy atom. The van der Waals surface area contributed by atoms with E-state index >= 15 is 0 Å². The van der Waals surface area contributed by atoms with E-state index in [1.54, 1.807) is 0 Å². The van der Waals surface area contributed by atoms with Crippen LogP contribution in [0.5, 0.6) is 0 Å². The molecular formula is C72H75F9N6O9S3. The zero-order valence-electron chi connectivity index (χ0n) is 54.3. The van der Waals surface area contributed by atoms with Gasteiger partial charge in [0.05, 0.1) is 33.8 Å². The van der Waals surface area contributed by atoms with Gasteiger partial charge in [-0.05, 0) is 163 Å². The van der Waals surface area contributed by atoms with Crippen LogP contribution in [0, 0.1) is 0 Å². The van der Waals surface area contributed by atoms with E-state index in [0.29, 0.717) is 18.1 Å². The van der Waals surface area contributed by atoms with Gasteiger partial charge >= 0.3 is 16.5 Å². The van der Waals surface area contributed by atoms with E-state index in [1.807, 2.05) is 0 Å². The molecule has 3 unspecified atom stereocenters. The minimum atomic E-state index is -6.09. The van der Waals surface area contributed by atoms with Crippen molar-refractivity contribution in [2.24, 2.45) is 0 Å².